The molecule has 3 aromatic heterocycles. The second kappa shape index (κ2) is 16.5. The van der Waals surface area contributed by atoms with Crippen LogP contribution in [0.3, 0.4) is 0 Å². The monoisotopic (exact) mass is 887 g/mol. The highest BCUT2D eigenvalue weighted by Gasteiger charge is 2.63. The number of para-hydroxylation sites is 1. The molecule has 1 saturated heterocycles. The normalized spacial score (nSPS) is 26.7. The maximum atomic E-state index is 14.8. The number of aromatic nitrogens is 3. The van der Waals surface area contributed by atoms with Crippen molar-refractivity contribution in [3.8, 4) is 16.7 Å². The molecule has 18 heteroatoms. The molecule has 0 radical (unpaired) electrons. The summed E-state index contributed by atoms with van der Waals surface area (Å²) < 4.78 is 46.5. The molecule has 3 N–H and O–H groups in total. The van der Waals surface area contributed by atoms with Gasteiger partial charge in [-0.3, -0.25) is 19.1 Å². The van der Waals surface area contributed by atoms with Gasteiger partial charge < -0.3 is 29.4 Å². The first-order valence-corrected chi connectivity index (χ1v) is 24.2. The summed E-state index contributed by atoms with van der Waals surface area (Å²) in [5, 5.41) is 9.06. The Balaban J connectivity index is 1.05. The molecule has 16 nitrogen and oxygen atoms in total. The van der Waals surface area contributed by atoms with E-state index in [2.05, 4.69) is 29.2 Å². The fraction of sp³-hybridized carbons (Fsp3) is 0.568. The third-order valence-corrected chi connectivity index (χ3v) is 16.1. The zero-order valence-corrected chi connectivity index (χ0v) is 36.8. The summed E-state index contributed by atoms with van der Waals surface area (Å²) in [6, 6.07) is 5.27. The number of alkyl carbamates (subject to hydrolysis) is 1. The van der Waals surface area contributed by atoms with Gasteiger partial charge in [0.25, 0.3) is 11.8 Å². The Labute approximate surface area is 364 Å². The molecule has 5 heterocycles. The highest BCUT2D eigenvalue weighted by molar-refractivity contribution is 7.91. The molecule has 0 spiro atoms. The van der Waals surface area contributed by atoms with E-state index in [-0.39, 0.29) is 37.3 Å². The molecule has 0 bridgehead atoms. The number of hydrogen-bond acceptors (Lipinski definition) is 13. The van der Waals surface area contributed by atoms with Crippen LogP contribution in [0.15, 0.2) is 46.2 Å². The third-order valence-electron chi connectivity index (χ3n) is 13.1. The van der Waals surface area contributed by atoms with Gasteiger partial charge in [0, 0.05) is 23.1 Å². The van der Waals surface area contributed by atoms with Crippen LogP contribution in [-0.2, 0) is 29.1 Å². The van der Waals surface area contributed by atoms with E-state index in [0.717, 1.165) is 49.6 Å². The van der Waals surface area contributed by atoms with Crippen LogP contribution in [-0.4, -0.2) is 93.2 Å². The van der Waals surface area contributed by atoms with Gasteiger partial charge in [-0.1, -0.05) is 51.0 Å². The van der Waals surface area contributed by atoms with E-state index in [0.29, 0.717) is 59.6 Å². The van der Waals surface area contributed by atoms with Crippen LogP contribution in [0.4, 0.5) is 4.79 Å². The number of furan rings is 1. The number of fused-ring (bicyclic) bond motifs is 5. The van der Waals surface area contributed by atoms with E-state index in [4.69, 9.17) is 28.8 Å². The Morgan fingerprint density at radius 3 is 2.55 bits per heavy atom. The van der Waals surface area contributed by atoms with Gasteiger partial charge in [-0.25, -0.2) is 23.2 Å². The number of sulfonamides is 1. The van der Waals surface area contributed by atoms with Crippen LogP contribution in [0.5, 0.6) is 5.88 Å². The first-order chi connectivity index (χ1) is 29.7. The first-order valence-electron chi connectivity index (χ1n) is 21.9. The quantitative estimate of drug-likeness (QED) is 0.156. The van der Waals surface area contributed by atoms with E-state index in [1.165, 1.54) is 16.2 Å². The number of nitrogens with zero attached hydrogens (tertiary/aromatic N) is 4. The lowest BCUT2D eigenvalue weighted by atomic mass is 10.0. The molecule has 3 aliphatic carbocycles. The second-order valence-corrected chi connectivity index (χ2v) is 21.1. The highest BCUT2D eigenvalue weighted by atomic mass is 32.2. The summed E-state index contributed by atoms with van der Waals surface area (Å²) in [6.07, 6.45) is 9.74. The lowest BCUT2D eigenvalue weighted by molar-refractivity contribution is -0.141. The van der Waals surface area contributed by atoms with Crippen LogP contribution in [0.25, 0.3) is 32.9 Å². The smallest absolute Gasteiger partial charge is 0.408 e. The minimum Gasteiger partial charge on any atom is -0.470 e. The molecular weight excluding hydrogens is 835 g/mol. The summed E-state index contributed by atoms with van der Waals surface area (Å²) in [4.78, 5) is 72.7. The number of hydrogen-bond donors (Lipinski definition) is 3. The van der Waals surface area contributed by atoms with Gasteiger partial charge in [-0.05, 0) is 89.2 Å². The maximum absolute atomic E-state index is 14.8. The van der Waals surface area contributed by atoms with E-state index >= 15 is 0 Å². The highest BCUT2D eigenvalue weighted by Crippen LogP contribution is 2.48. The van der Waals surface area contributed by atoms with Crippen LogP contribution in [0.2, 0.25) is 0 Å². The number of ether oxygens (including phenoxy) is 2. The van der Waals surface area contributed by atoms with Crippen molar-refractivity contribution in [3.63, 3.8) is 0 Å². The van der Waals surface area contributed by atoms with Gasteiger partial charge in [-0.2, -0.15) is 4.98 Å². The van der Waals surface area contributed by atoms with Crippen molar-refractivity contribution in [1.82, 2.24) is 35.2 Å². The standard InChI is InChI=1S/C44H53N7O9S2/c1-25(2)31-24-61-39(45-31)36-47-34-29-16-11-12-18-33(29)60-35(34)38(48-36)58-28-21-32-37(52)49-44(41(54)50-62(56,57)43(3)19-20-43)22-26(44)13-7-5-4-6-8-17-30(40(53)51(32)23-28)46-42(55)59-27-14-9-10-15-27/h7,11-13,16,18,24-28,30,32H,4-6,8-10,14-15,17,19-23H2,1-3H3,(H,46,55)(H,49,52)(H,50,54)/t26-,28-,30+,32+,44-/m1/s1. The number of rotatable bonds is 9. The molecule has 1 aromatic carbocycles. The Kier molecular flexibility index (Phi) is 11.3. The molecule has 62 heavy (non-hydrogen) atoms. The molecule has 4 amide bonds. The molecule has 5 aliphatic rings. The summed E-state index contributed by atoms with van der Waals surface area (Å²) in [5.41, 5.74) is 0.727. The fourth-order valence-electron chi connectivity index (χ4n) is 8.83. The Morgan fingerprint density at radius 1 is 1.02 bits per heavy atom. The van der Waals surface area contributed by atoms with E-state index in [1.807, 2.05) is 41.8 Å². The largest absolute Gasteiger partial charge is 0.470 e. The van der Waals surface area contributed by atoms with Gasteiger partial charge in [0.15, 0.2) is 10.8 Å². The molecule has 330 valence electrons. The molecule has 5 atom stereocenters. The minimum absolute atomic E-state index is 0.0127. The van der Waals surface area contributed by atoms with E-state index in [9.17, 15) is 27.6 Å². The average Bonchev–Trinajstić information content (AvgIpc) is 3.73. The molecule has 4 fully saturated rings. The Hall–Kier alpha value is -5.10. The number of allylic oxidation sites excluding steroid dienone is 1. The lowest BCUT2D eigenvalue weighted by Crippen LogP contribution is -2.58. The molecule has 4 aromatic rings. The topological polar surface area (TPSA) is 212 Å². The van der Waals surface area contributed by atoms with Crippen molar-refractivity contribution in [2.24, 2.45) is 5.92 Å². The number of nitrogens with one attached hydrogen (secondary N) is 3. The van der Waals surface area contributed by atoms with Gasteiger partial charge in [0.2, 0.25) is 27.4 Å². The van der Waals surface area contributed by atoms with Crippen molar-refractivity contribution < 1.29 is 41.5 Å². The zero-order valence-electron chi connectivity index (χ0n) is 35.2. The second-order valence-electron chi connectivity index (χ2n) is 18.1. The van der Waals surface area contributed by atoms with Gasteiger partial charge >= 0.3 is 6.09 Å². The number of amides is 4. The number of carbonyl (C=O) groups is 4. The van der Waals surface area contributed by atoms with Crippen LogP contribution in [0, 0.1) is 5.92 Å². The molecule has 3 saturated carbocycles. The number of carbonyl (C=O) groups excluding carboxylic acids is 4. The predicted octanol–water partition coefficient (Wildman–Crippen LogP) is 6.40. The van der Waals surface area contributed by atoms with Crippen LogP contribution >= 0.6 is 11.3 Å². The third kappa shape index (κ3) is 8.27. The van der Waals surface area contributed by atoms with Gasteiger partial charge in [-0.15, -0.1) is 11.3 Å². The summed E-state index contributed by atoms with van der Waals surface area (Å²) >= 11 is 1.41. The van der Waals surface area contributed by atoms with Crippen molar-refractivity contribution in [2.75, 3.05) is 6.54 Å². The van der Waals surface area contributed by atoms with Crippen LogP contribution in [0.1, 0.15) is 116 Å². The summed E-state index contributed by atoms with van der Waals surface area (Å²) in [6.45, 7) is 5.63. The Morgan fingerprint density at radius 2 is 1.79 bits per heavy atom. The average molecular weight is 888 g/mol. The van der Waals surface area contributed by atoms with Crippen molar-refractivity contribution >= 4 is 67.2 Å². The van der Waals surface area contributed by atoms with Gasteiger partial charge in [0.05, 0.1) is 17.0 Å². The summed E-state index contributed by atoms with van der Waals surface area (Å²) in [5.74, 6) is -1.78. The first kappa shape index (κ1) is 42.2. The number of benzene rings is 1. The lowest BCUT2D eigenvalue weighted by Gasteiger charge is -2.30. The molecule has 2 aliphatic heterocycles. The van der Waals surface area contributed by atoms with Gasteiger partial charge in [0.1, 0.15) is 40.9 Å². The predicted molar refractivity (Wildman–Crippen MR) is 231 cm³/mol. The fourth-order valence-corrected chi connectivity index (χ4v) is 11.1. The SMILES string of the molecule is CC(C)c1csc(-c2nc(O[C@@H]3C[C@H]4C(=O)N[C@]5(C(=O)NS(=O)(=O)C6(C)CC6)C[C@H]5C=CCCCCC[C@H](NC(=O)OC5CCCC5)C(=O)N4C3)c3oc4ccccc4c3n2)n1. The Bertz CT molecular complexity index is 2540. The van der Waals surface area contributed by atoms with Crippen LogP contribution < -0.4 is 20.1 Å². The van der Waals surface area contributed by atoms with E-state index < -0.39 is 68.2 Å². The minimum atomic E-state index is -4.02. The molecular formula is C44H53N7O9S2. The summed E-state index contributed by atoms with van der Waals surface area (Å²) in [7, 11) is -4.02. The zero-order chi connectivity index (χ0) is 43.4. The van der Waals surface area contributed by atoms with Crippen molar-refractivity contribution in [2.45, 2.75) is 145 Å². The number of thiazole rings is 1. The molecule has 0 unspecified atom stereocenters. The van der Waals surface area contributed by atoms with Crippen molar-refractivity contribution in [3.05, 3.63) is 47.5 Å². The van der Waals surface area contributed by atoms with Crippen molar-refractivity contribution in [1.29, 1.82) is 0 Å². The van der Waals surface area contributed by atoms with E-state index in [1.54, 1.807) is 6.92 Å². The maximum Gasteiger partial charge on any atom is 0.408 e. The molecule has 9 rings (SSSR count).